The molecule has 3 atom stereocenters. The van der Waals surface area contributed by atoms with E-state index in [2.05, 4.69) is 18.3 Å². The van der Waals surface area contributed by atoms with E-state index in [4.69, 9.17) is 0 Å². The molecular weight excluding hydrogens is 429 g/mol. The zero-order chi connectivity index (χ0) is 23.3. The van der Waals surface area contributed by atoms with E-state index in [1.165, 1.54) is 12.1 Å². The Kier molecular flexibility index (Phi) is 5.34. The third kappa shape index (κ3) is 4.30. The van der Waals surface area contributed by atoms with Crippen LogP contribution in [0.3, 0.4) is 0 Å². The zero-order valence-corrected chi connectivity index (χ0v) is 18.1. The van der Waals surface area contributed by atoms with Crippen LogP contribution in [0, 0.1) is 5.92 Å². The maximum atomic E-state index is 12.9. The van der Waals surface area contributed by atoms with Gasteiger partial charge in [0.2, 0.25) is 0 Å². The number of halogens is 3. The second-order valence-electron chi connectivity index (χ2n) is 8.97. The van der Waals surface area contributed by atoms with Crippen molar-refractivity contribution in [1.82, 2.24) is 4.57 Å². The normalized spacial score (nSPS) is 21.8. The first-order valence-corrected chi connectivity index (χ1v) is 11.0. The number of hydrogen-bond donors (Lipinski definition) is 3. The predicted octanol–water partition coefficient (Wildman–Crippen LogP) is 4.05. The van der Waals surface area contributed by atoms with Crippen LogP contribution in [-0.4, -0.2) is 20.8 Å². The first-order valence-electron chi connectivity index (χ1n) is 11.0. The number of aromatic nitrogens is 1. The van der Waals surface area contributed by atoms with Crippen LogP contribution < -0.4 is 15.9 Å². The molecule has 1 aromatic heterocycles. The van der Waals surface area contributed by atoms with Crippen molar-refractivity contribution in [3.8, 4) is 5.69 Å². The van der Waals surface area contributed by atoms with E-state index in [0.717, 1.165) is 34.7 Å². The number of aliphatic hydroxyl groups excluding tert-OH is 1. The molecule has 2 aliphatic carbocycles. The van der Waals surface area contributed by atoms with Gasteiger partial charge in [0.1, 0.15) is 0 Å². The highest BCUT2D eigenvalue weighted by Crippen LogP contribution is 2.47. The van der Waals surface area contributed by atoms with Crippen LogP contribution in [0.2, 0.25) is 0 Å². The minimum Gasteiger partial charge on any atom is -0.378 e. The summed E-state index contributed by atoms with van der Waals surface area (Å²) < 4.78 is 40.5. The molecule has 3 aromatic rings. The number of rotatable bonds is 5. The third-order valence-corrected chi connectivity index (χ3v) is 6.61. The van der Waals surface area contributed by atoms with Crippen molar-refractivity contribution in [3.63, 3.8) is 0 Å². The highest BCUT2D eigenvalue weighted by atomic mass is 19.4. The summed E-state index contributed by atoms with van der Waals surface area (Å²) in [7, 11) is 0. The predicted molar refractivity (Wildman–Crippen MR) is 121 cm³/mol. The van der Waals surface area contributed by atoms with Crippen molar-refractivity contribution in [1.29, 1.82) is 0 Å². The smallest absolute Gasteiger partial charge is 0.378 e. The summed E-state index contributed by atoms with van der Waals surface area (Å²) in [5, 5.41) is 25.1. The van der Waals surface area contributed by atoms with E-state index in [0.29, 0.717) is 35.2 Å². The lowest BCUT2D eigenvalue weighted by Crippen LogP contribution is -2.35. The molecule has 5 rings (SSSR count). The number of aliphatic hydroxyl groups is 2. The quantitative estimate of drug-likeness (QED) is 0.510. The van der Waals surface area contributed by atoms with Crippen LogP contribution >= 0.6 is 0 Å². The number of anilines is 1. The zero-order valence-electron chi connectivity index (χ0n) is 18.1. The van der Waals surface area contributed by atoms with Gasteiger partial charge in [0, 0.05) is 34.5 Å². The van der Waals surface area contributed by atoms with Crippen molar-refractivity contribution >= 4 is 17.8 Å². The lowest BCUT2D eigenvalue weighted by molar-refractivity contribution is -0.137. The molecule has 33 heavy (non-hydrogen) atoms. The van der Waals surface area contributed by atoms with E-state index in [9.17, 15) is 23.4 Å². The van der Waals surface area contributed by atoms with Gasteiger partial charge in [-0.1, -0.05) is 25.1 Å². The van der Waals surface area contributed by atoms with Gasteiger partial charge in [-0.3, -0.25) is 0 Å². The largest absolute Gasteiger partial charge is 0.416 e. The van der Waals surface area contributed by atoms with E-state index < -0.39 is 18.0 Å². The maximum absolute atomic E-state index is 12.9. The van der Waals surface area contributed by atoms with Crippen LogP contribution in [0.1, 0.15) is 48.7 Å². The first kappa shape index (κ1) is 21.8. The number of fused-ring (bicyclic) bond motifs is 1. The van der Waals surface area contributed by atoms with E-state index >= 15 is 0 Å². The second-order valence-corrected chi connectivity index (χ2v) is 8.97. The maximum Gasteiger partial charge on any atom is 0.416 e. The molecule has 1 heterocycles. The summed E-state index contributed by atoms with van der Waals surface area (Å²) in [5.41, 5.74) is 2.27. The molecule has 0 saturated heterocycles. The van der Waals surface area contributed by atoms with Crippen LogP contribution in [0.15, 0.2) is 54.7 Å². The molecule has 4 nitrogen and oxygen atoms in total. The van der Waals surface area contributed by atoms with E-state index in [1.54, 1.807) is 0 Å². The summed E-state index contributed by atoms with van der Waals surface area (Å²) >= 11 is 0. The first-order chi connectivity index (χ1) is 15.7. The monoisotopic (exact) mass is 454 g/mol. The molecule has 1 fully saturated rings. The Morgan fingerprint density at radius 2 is 1.79 bits per heavy atom. The van der Waals surface area contributed by atoms with Crippen LogP contribution in [0.4, 0.5) is 18.9 Å². The Morgan fingerprint density at radius 1 is 1.06 bits per heavy atom. The van der Waals surface area contributed by atoms with Gasteiger partial charge >= 0.3 is 6.18 Å². The highest BCUT2D eigenvalue weighted by molar-refractivity contribution is 5.59. The Hall–Kier alpha value is -3.03. The van der Waals surface area contributed by atoms with Crippen molar-refractivity contribution in [2.75, 3.05) is 5.32 Å². The molecule has 0 spiro atoms. The molecule has 7 heteroatoms. The van der Waals surface area contributed by atoms with Gasteiger partial charge < -0.3 is 20.1 Å². The lowest BCUT2D eigenvalue weighted by Gasteiger charge is -2.21. The molecule has 0 amide bonds. The van der Waals surface area contributed by atoms with Gasteiger partial charge in [-0.05, 0) is 77.9 Å². The summed E-state index contributed by atoms with van der Waals surface area (Å²) in [6.07, 6.45) is 1.80. The van der Waals surface area contributed by atoms with Gasteiger partial charge in [-0.15, -0.1) is 0 Å². The Bertz CT molecular complexity index is 1290. The molecule has 2 aliphatic rings. The number of nitrogens with zero attached hydrogens (tertiary/aromatic N) is 1. The number of hydrogen-bond acceptors (Lipinski definition) is 3. The third-order valence-electron chi connectivity index (χ3n) is 6.61. The minimum atomic E-state index is -4.36. The summed E-state index contributed by atoms with van der Waals surface area (Å²) in [4.78, 5) is 0. The van der Waals surface area contributed by atoms with Gasteiger partial charge in [-0.2, -0.15) is 13.2 Å². The standard InChI is InChI=1S/C26H25F3N2O2/c1-15-12-21(15)16-2-8-23(22(14-16)25(32)33)30-19-5-9-24-17(13-19)10-11-31(24)20-6-3-18(4-7-20)26(27,28)29/h2-4,6-11,13-15,19,21,25,30,32-33H,5,12H2,1H3. The number of alkyl halides is 3. The molecule has 0 bridgehead atoms. The summed E-state index contributed by atoms with van der Waals surface area (Å²) in [5.74, 6) is 1.11. The number of benzene rings is 2. The number of nitrogens with one attached hydrogen (secondary N) is 1. The molecule has 2 aromatic carbocycles. The van der Waals surface area contributed by atoms with Gasteiger partial charge in [-0.25, -0.2) is 0 Å². The van der Waals surface area contributed by atoms with Crippen molar-refractivity contribution < 1.29 is 23.4 Å². The molecule has 3 N–H and O–H groups in total. The SMILES string of the molecule is CC1CC1c1ccc(NC2C=c3ccn(-c4ccc(C(F)(F)F)cc4)c3=CC2)c(C(O)O)c1. The fourth-order valence-electron chi connectivity index (χ4n) is 4.62. The summed E-state index contributed by atoms with van der Waals surface area (Å²) in [6.45, 7) is 2.19. The van der Waals surface area contributed by atoms with Gasteiger partial charge in [0.15, 0.2) is 6.29 Å². The van der Waals surface area contributed by atoms with Crippen molar-refractivity contribution in [2.45, 2.75) is 44.2 Å². The van der Waals surface area contributed by atoms with Crippen molar-refractivity contribution in [2.24, 2.45) is 5.92 Å². The average molecular weight is 454 g/mol. The van der Waals surface area contributed by atoms with Crippen molar-refractivity contribution in [3.05, 3.63) is 82.0 Å². The van der Waals surface area contributed by atoms with Crippen LogP contribution in [0.5, 0.6) is 0 Å². The van der Waals surface area contributed by atoms with E-state index in [-0.39, 0.29) is 6.04 Å². The molecule has 0 aliphatic heterocycles. The van der Waals surface area contributed by atoms with Crippen LogP contribution in [0.25, 0.3) is 17.8 Å². The fourth-order valence-corrected chi connectivity index (χ4v) is 4.62. The van der Waals surface area contributed by atoms with Gasteiger partial charge in [0.25, 0.3) is 0 Å². The Morgan fingerprint density at radius 3 is 2.42 bits per heavy atom. The Balaban J connectivity index is 1.39. The second kappa shape index (κ2) is 8.08. The molecule has 3 unspecified atom stereocenters. The molecule has 1 saturated carbocycles. The lowest BCUT2D eigenvalue weighted by atomic mass is 10.0. The molecule has 172 valence electrons. The van der Waals surface area contributed by atoms with E-state index in [1.807, 2.05) is 41.1 Å². The average Bonchev–Trinajstić information content (AvgIpc) is 3.36. The topological polar surface area (TPSA) is 57.4 Å². The fraction of sp³-hybridized carbons (Fsp3) is 0.308. The highest BCUT2D eigenvalue weighted by Gasteiger charge is 2.34. The van der Waals surface area contributed by atoms with Gasteiger partial charge in [0.05, 0.1) is 5.56 Å². The van der Waals surface area contributed by atoms with Crippen LogP contribution in [-0.2, 0) is 6.18 Å². The molecule has 0 radical (unpaired) electrons. The minimum absolute atomic E-state index is 0.0517. The summed E-state index contributed by atoms with van der Waals surface area (Å²) in [6, 6.07) is 12.8. The molecular formula is C26H25F3N2O2. The Labute approximate surface area is 189 Å².